The van der Waals surface area contributed by atoms with E-state index in [1.807, 2.05) is 57.2 Å². The van der Waals surface area contributed by atoms with Gasteiger partial charge in [-0.3, -0.25) is 14.5 Å². The van der Waals surface area contributed by atoms with Gasteiger partial charge in [0.05, 0.1) is 17.3 Å². The van der Waals surface area contributed by atoms with Crippen LogP contribution < -0.4 is 0 Å². The van der Waals surface area contributed by atoms with E-state index >= 15 is 0 Å². The van der Waals surface area contributed by atoms with Crippen molar-refractivity contribution in [2.24, 2.45) is 5.41 Å². The maximum absolute atomic E-state index is 12.3. The molecule has 1 amide bonds. The van der Waals surface area contributed by atoms with E-state index in [9.17, 15) is 9.59 Å². The normalized spacial score (nSPS) is 16.7. The highest BCUT2D eigenvalue weighted by molar-refractivity contribution is 8.04. The molecule has 3 rings (SSSR count). The van der Waals surface area contributed by atoms with E-state index in [1.165, 1.54) is 11.8 Å². The number of thioether (sulfide) groups is 1. The van der Waals surface area contributed by atoms with Crippen molar-refractivity contribution in [1.29, 1.82) is 0 Å². The summed E-state index contributed by atoms with van der Waals surface area (Å²) in [5, 5.41) is 4.74. The number of carbonyl (C=O) groups excluding carboxylic acids is 2. The molecule has 0 bridgehead atoms. The lowest BCUT2D eigenvalue weighted by Crippen LogP contribution is -2.26. The highest BCUT2D eigenvalue weighted by atomic mass is 32.2. The molecule has 2 aromatic rings. The van der Waals surface area contributed by atoms with Crippen LogP contribution in [0.3, 0.4) is 0 Å². The highest BCUT2D eigenvalue weighted by Crippen LogP contribution is 2.32. The van der Waals surface area contributed by atoms with Gasteiger partial charge in [0.15, 0.2) is 11.5 Å². The van der Waals surface area contributed by atoms with Gasteiger partial charge in [0.1, 0.15) is 5.69 Å². The zero-order valence-electron chi connectivity index (χ0n) is 14.5. The summed E-state index contributed by atoms with van der Waals surface area (Å²) < 4.78 is 5.39. The number of aromatic nitrogens is 1. The first-order valence-electron chi connectivity index (χ1n) is 8.05. The van der Waals surface area contributed by atoms with E-state index < -0.39 is 5.41 Å². The Morgan fingerprint density at radius 1 is 1.32 bits per heavy atom. The number of carbonyl (C=O) groups is 2. The van der Waals surface area contributed by atoms with Crippen molar-refractivity contribution < 1.29 is 14.1 Å². The summed E-state index contributed by atoms with van der Waals surface area (Å²) in [6.45, 7) is 5.89. The van der Waals surface area contributed by atoms with Crippen LogP contribution in [-0.2, 0) is 16.1 Å². The molecule has 25 heavy (non-hydrogen) atoms. The Balaban J connectivity index is 1.79. The van der Waals surface area contributed by atoms with Crippen LogP contribution in [0.25, 0.3) is 11.3 Å². The third-order valence-electron chi connectivity index (χ3n) is 3.84. The van der Waals surface area contributed by atoms with Gasteiger partial charge in [0.2, 0.25) is 5.91 Å². The number of benzene rings is 1. The minimum Gasteiger partial charge on any atom is -0.356 e. The lowest BCUT2D eigenvalue weighted by atomic mass is 9.91. The molecule has 0 aliphatic carbocycles. The molecule has 5 nitrogen and oxygen atoms in total. The van der Waals surface area contributed by atoms with Gasteiger partial charge in [-0.05, 0) is 0 Å². The maximum Gasteiger partial charge on any atom is 0.238 e. The first kappa shape index (κ1) is 17.5. The van der Waals surface area contributed by atoms with Crippen molar-refractivity contribution in [3.8, 4) is 11.3 Å². The van der Waals surface area contributed by atoms with Crippen molar-refractivity contribution in [3.63, 3.8) is 0 Å². The molecule has 0 radical (unpaired) electrons. The summed E-state index contributed by atoms with van der Waals surface area (Å²) in [5.41, 5.74) is 1.12. The summed E-state index contributed by atoms with van der Waals surface area (Å²) in [5.74, 6) is 0.973. The third kappa shape index (κ3) is 4.02. The van der Waals surface area contributed by atoms with Gasteiger partial charge in [0.25, 0.3) is 0 Å². The summed E-state index contributed by atoms with van der Waals surface area (Å²) in [4.78, 5) is 26.0. The van der Waals surface area contributed by atoms with E-state index in [-0.39, 0.29) is 11.7 Å². The van der Waals surface area contributed by atoms with Crippen molar-refractivity contribution in [1.82, 2.24) is 10.1 Å². The van der Waals surface area contributed by atoms with Crippen LogP contribution in [-0.4, -0.2) is 27.5 Å². The van der Waals surface area contributed by atoms with Crippen LogP contribution >= 0.6 is 11.8 Å². The molecule has 0 N–H and O–H groups in total. The number of amides is 1. The average Bonchev–Trinajstić information content (AvgIpc) is 3.17. The molecule has 2 heterocycles. The van der Waals surface area contributed by atoms with E-state index in [0.717, 1.165) is 5.56 Å². The van der Waals surface area contributed by atoms with Crippen LogP contribution in [0.5, 0.6) is 0 Å². The molecule has 0 saturated carbocycles. The summed E-state index contributed by atoms with van der Waals surface area (Å²) >= 11 is 1.38. The molecular formula is C19H20N2O3S. The fraction of sp³-hybridized carbons (Fsp3) is 0.316. The van der Waals surface area contributed by atoms with Crippen LogP contribution in [0.1, 0.15) is 26.5 Å². The molecule has 1 fully saturated rings. The molecular weight excluding hydrogens is 336 g/mol. The second kappa shape index (κ2) is 6.88. The Morgan fingerprint density at radius 2 is 2.04 bits per heavy atom. The molecule has 1 aromatic carbocycles. The molecule has 130 valence electrons. The zero-order valence-corrected chi connectivity index (χ0v) is 15.3. The number of nitrogens with zero attached hydrogens (tertiary/aromatic N) is 2. The molecule has 1 aromatic heterocycles. The zero-order chi connectivity index (χ0) is 18.0. The first-order valence-corrected chi connectivity index (χ1v) is 9.03. The highest BCUT2D eigenvalue weighted by Gasteiger charge is 2.30. The van der Waals surface area contributed by atoms with Gasteiger partial charge in [-0.25, -0.2) is 0 Å². The molecule has 0 atom stereocenters. The second-order valence-corrected chi connectivity index (χ2v) is 7.91. The van der Waals surface area contributed by atoms with Gasteiger partial charge in [-0.2, -0.15) is 0 Å². The second-order valence-electron chi connectivity index (χ2n) is 6.91. The van der Waals surface area contributed by atoms with Crippen LogP contribution in [0.2, 0.25) is 0 Å². The van der Waals surface area contributed by atoms with Gasteiger partial charge in [-0.15, -0.1) is 0 Å². The predicted molar refractivity (Wildman–Crippen MR) is 97.5 cm³/mol. The van der Waals surface area contributed by atoms with Crippen LogP contribution in [0.15, 0.2) is 52.0 Å². The fourth-order valence-corrected chi connectivity index (χ4v) is 3.26. The maximum atomic E-state index is 12.3. The Morgan fingerprint density at radius 3 is 2.72 bits per heavy atom. The molecule has 1 aliphatic rings. The number of allylic oxidation sites excluding steroid dienone is 1. The van der Waals surface area contributed by atoms with Crippen LogP contribution in [0.4, 0.5) is 0 Å². The molecule has 1 saturated heterocycles. The molecule has 0 spiro atoms. The van der Waals surface area contributed by atoms with Crippen LogP contribution in [0, 0.1) is 5.41 Å². The minimum absolute atomic E-state index is 0.000160. The fourth-order valence-electron chi connectivity index (χ4n) is 2.32. The number of ketones is 1. The lowest BCUT2D eigenvalue weighted by molar-refractivity contribution is -0.125. The van der Waals surface area contributed by atoms with Gasteiger partial charge >= 0.3 is 0 Å². The Kier molecular flexibility index (Phi) is 4.81. The SMILES string of the molecule is CC(C)(C)C(=O)/C=C1\SCC(=O)N1Cc1cc(-c2ccccc2)on1. The standard InChI is InChI=1S/C19H20N2O3S/c1-19(2,3)16(22)10-18-21(17(23)12-25-18)11-14-9-15(24-20-14)13-7-5-4-6-8-13/h4-10H,11-12H2,1-3H3/b18-10-. The van der Waals surface area contributed by atoms with E-state index in [4.69, 9.17) is 4.52 Å². The third-order valence-corrected chi connectivity index (χ3v) is 4.87. The number of hydrogen-bond donors (Lipinski definition) is 0. The lowest BCUT2D eigenvalue weighted by Gasteiger charge is -2.18. The Hall–Kier alpha value is -2.34. The summed E-state index contributed by atoms with van der Waals surface area (Å²) in [6, 6.07) is 11.5. The topological polar surface area (TPSA) is 63.4 Å². The Labute approximate surface area is 151 Å². The minimum atomic E-state index is -0.473. The molecule has 1 aliphatic heterocycles. The predicted octanol–water partition coefficient (Wildman–Crippen LogP) is 3.87. The summed E-state index contributed by atoms with van der Waals surface area (Å²) in [6.07, 6.45) is 1.56. The van der Waals surface area contributed by atoms with Gasteiger partial charge in [-0.1, -0.05) is 68.0 Å². The van der Waals surface area contributed by atoms with Gasteiger partial charge < -0.3 is 4.52 Å². The summed E-state index contributed by atoms with van der Waals surface area (Å²) in [7, 11) is 0. The van der Waals surface area contributed by atoms with E-state index in [2.05, 4.69) is 5.16 Å². The monoisotopic (exact) mass is 356 g/mol. The quantitative estimate of drug-likeness (QED) is 0.778. The van der Waals surface area contributed by atoms with Crippen molar-refractivity contribution >= 4 is 23.5 Å². The van der Waals surface area contributed by atoms with Gasteiger partial charge in [0, 0.05) is 23.1 Å². The largest absolute Gasteiger partial charge is 0.356 e. The van der Waals surface area contributed by atoms with Crippen molar-refractivity contribution in [3.05, 3.63) is 53.2 Å². The first-order chi connectivity index (χ1) is 11.8. The molecule has 6 heteroatoms. The van der Waals surface area contributed by atoms with E-state index in [1.54, 1.807) is 11.0 Å². The van der Waals surface area contributed by atoms with Crippen molar-refractivity contribution in [2.75, 3.05) is 5.75 Å². The smallest absolute Gasteiger partial charge is 0.238 e. The number of rotatable bonds is 4. The van der Waals surface area contributed by atoms with E-state index in [0.29, 0.717) is 28.8 Å². The average molecular weight is 356 g/mol. The van der Waals surface area contributed by atoms with Crippen molar-refractivity contribution in [2.45, 2.75) is 27.3 Å². The Bertz CT molecular complexity index is 819. The molecule has 0 unspecified atom stereocenters. The number of hydrogen-bond acceptors (Lipinski definition) is 5.